The fourth-order valence-corrected chi connectivity index (χ4v) is 2.60. The molecule has 0 aliphatic rings. The number of carbonyl (C=O) groups is 2. The third-order valence-corrected chi connectivity index (χ3v) is 4.28. The van der Waals surface area contributed by atoms with E-state index in [4.69, 9.17) is 21.1 Å². The highest BCUT2D eigenvalue weighted by atomic mass is 35.5. The van der Waals surface area contributed by atoms with Crippen LogP contribution in [0.1, 0.15) is 16.7 Å². The van der Waals surface area contributed by atoms with Crippen molar-refractivity contribution in [2.75, 3.05) is 0 Å². The number of allylic oxidation sites excluding steroid dienone is 2. The smallest absolute Gasteiger partial charge is 0.429 e. The van der Waals surface area contributed by atoms with E-state index in [1.807, 2.05) is 42.5 Å². The van der Waals surface area contributed by atoms with Crippen molar-refractivity contribution in [3.63, 3.8) is 0 Å². The number of rotatable bonds is 7. The monoisotopic (exact) mass is 418 g/mol. The summed E-state index contributed by atoms with van der Waals surface area (Å²) in [6, 6.07) is 23.3. The molecule has 0 N–H and O–H groups in total. The molecule has 3 aromatic carbocycles. The van der Waals surface area contributed by atoms with Gasteiger partial charge in [-0.25, -0.2) is 4.79 Å². The average molecular weight is 419 g/mol. The van der Waals surface area contributed by atoms with E-state index in [1.54, 1.807) is 48.6 Å². The molecule has 0 bridgehead atoms. The van der Waals surface area contributed by atoms with Crippen LogP contribution in [0.5, 0.6) is 5.75 Å². The lowest BCUT2D eigenvalue weighted by molar-refractivity contribution is -0.110. The summed E-state index contributed by atoms with van der Waals surface area (Å²) in [5, 5.41) is 0.648. The molecule has 0 radical (unpaired) electrons. The van der Waals surface area contributed by atoms with Crippen LogP contribution in [0.25, 0.3) is 12.2 Å². The molecule has 0 amide bonds. The van der Waals surface area contributed by atoms with Crippen LogP contribution < -0.4 is 4.74 Å². The number of hydrogen-bond acceptors (Lipinski definition) is 4. The largest absolute Gasteiger partial charge is 0.514 e. The first-order valence-corrected chi connectivity index (χ1v) is 9.60. The zero-order valence-electron chi connectivity index (χ0n) is 16.0. The van der Waals surface area contributed by atoms with E-state index in [9.17, 15) is 9.59 Å². The molecule has 3 aromatic rings. The highest BCUT2D eigenvalue weighted by Crippen LogP contribution is 2.15. The second kappa shape index (κ2) is 10.8. The fourth-order valence-electron chi connectivity index (χ4n) is 2.48. The predicted molar refractivity (Wildman–Crippen MR) is 118 cm³/mol. The Morgan fingerprint density at radius 1 is 0.767 bits per heavy atom. The Morgan fingerprint density at radius 2 is 1.33 bits per heavy atom. The minimum absolute atomic E-state index is 0.144. The summed E-state index contributed by atoms with van der Waals surface area (Å²) in [4.78, 5) is 23.7. The maximum Gasteiger partial charge on any atom is 0.514 e. The maximum atomic E-state index is 12.0. The molecule has 0 unspecified atom stereocenters. The first-order valence-electron chi connectivity index (χ1n) is 9.23. The van der Waals surface area contributed by atoms with Gasteiger partial charge in [0.25, 0.3) is 0 Å². The molecule has 0 fully saturated rings. The Balaban J connectivity index is 1.48. The standard InChI is InChI=1S/C25H19ClO4/c26-22-12-6-19(7-13-22)8-14-23(27)15-9-20-10-16-24(17-11-20)30-25(28)29-18-21-4-2-1-3-5-21/h1-17H,18H2/b14-8+,15-9+. The molecule has 0 spiro atoms. The van der Waals surface area contributed by atoms with Crippen molar-refractivity contribution in [1.82, 2.24) is 0 Å². The van der Waals surface area contributed by atoms with Gasteiger partial charge in [0.15, 0.2) is 5.78 Å². The fraction of sp³-hybridized carbons (Fsp3) is 0.0400. The van der Waals surface area contributed by atoms with Gasteiger partial charge in [-0.2, -0.15) is 0 Å². The van der Waals surface area contributed by atoms with Crippen LogP contribution in [0, 0.1) is 0 Å². The van der Waals surface area contributed by atoms with E-state index in [2.05, 4.69) is 0 Å². The quantitative estimate of drug-likeness (QED) is 0.255. The van der Waals surface area contributed by atoms with E-state index >= 15 is 0 Å². The predicted octanol–water partition coefficient (Wildman–Crippen LogP) is 6.35. The lowest BCUT2D eigenvalue weighted by atomic mass is 10.1. The highest BCUT2D eigenvalue weighted by molar-refractivity contribution is 6.30. The van der Waals surface area contributed by atoms with Crippen molar-refractivity contribution in [1.29, 1.82) is 0 Å². The Hall–Kier alpha value is -3.63. The van der Waals surface area contributed by atoms with Crippen LogP contribution in [-0.2, 0) is 16.1 Å². The van der Waals surface area contributed by atoms with Gasteiger partial charge in [-0.3, -0.25) is 4.79 Å². The third kappa shape index (κ3) is 7.08. The first-order chi connectivity index (χ1) is 14.6. The van der Waals surface area contributed by atoms with Crippen LogP contribution >= 0.6 is 11.6 Å². The molecule has 0 aromatic heterocycles. The van der Waals surface area contributed by atoms with Gasteiger partial charge in [-0.05, 0) is 53.1 Å². The highest BCUT2D eigenvalue weighted by Gasteiger charge is 2.06. The van der Waals surface area contributed by atoms with Gasteiger partial charge >= 0.3 is 6.16 Å². The molecule has 0 aliphatic carbocycles. The lowest BCUT2D eigenvalue weighted by Gasteiger charge is -2.06. The number of carbonyl (C=O) groups excluding carboxylic acids is 2. The normalized spacial score (nSPS) is 11.0. The lowest BCUT2D eigenvalue weighted by Crippen LogP contribution is -2.10. The van der Waals surface area contributed by atoms with Crippen molar-refractivity contribution in [3.8, 4) is 5.75 Å². The molecule has 4 nitrogen and oxygen atoms in total. The van der Waals surface area contributed by atoms with Crippen molar-refractivity contribution >= 4 is 35.7 Å². The minimum Gasteiger partial charge on any atom is -0.429 e. The molecular formula is C25H19ClO4. The molecule has 0 saturated heterocycles. The van der Waals surface area contributed by atoms with Crippen LogP contribution in [0.4, 0.5) is 4.79 Å². The number of ether oxygens (including phenoxy) is 2. The topological polar surface area (TPSA) is 52.6 Å². The van der Waals surface area contributed by atoms with Crippen LogP contribution in [-0.4, -0.2) is 11.9 Å². The van der Waals surface area contributed by atoms with Crippen molar-refractivity contribution in [3.05, 3.63) is 113 Å². The van der Waals surface area contributed by atoms with Crippen LogP contribution in [0.3, 0.4) is 0 Å². The van der Waals surface area contributed by atoms with Gasteiger partial charge in [0.1, 0.15) is 12.4 Å². The van der Waals surface area contributed by atoms with E-state index in [1.165, 1.54) is 12.2 Å². The van der Waals surface area contributed by atoms with Crippen LogP contribution in [0.15, 0.2) is 91.0 Å². The van der Waals surface area contributed by atoms with Gasteiger partial charge in [0.2, 0.25) is 0 Å². The molecule has 3 rings (SSSR count). The van der Waals surface area contributed by atoms with Crippen LogP contribution in [0.2, 0.25) is 5.02 Å². The van der Waals surface area contributed by atoms with E-state index in [0.29, 0.717) is 10.8 Å². The zero-order chi connectivity index (χ0) is 21.2. The number of halogens is 1. The third-order valence-electron chi connectivity index (χ3n) is 4.03. The van der Waals surface area contributed by atoms with Gasteiger partial charge in [0, 0.05) is 5.02 Å². The minimum atomic E-state index is -0.773. The van der Waals surface area contributed by atoms with Crippen molar-refractivity contribution in [2.24, 2.45) is 0 Å². The summed E-state index contributed by atoms with van der Waals surface area (Å²) >= 11 is 5.84. The zero-order valence-corrected chi connectivity index (χ0v) is 16.8. The Labute approximate surface area is 180 Å². The van der Waals surface area contributed by atoms with Gasteiger partial charge in [-0.15, -0.1) is 0 Å². The second-order valence-corrected chi connectivity index (χ2v) is 6.75. The summed E-state index contributed by atoms with van der Waals surface area (Å²) in [6.07, 6.45) is 5.59. The van der Waals surface area contributed by atoms with E-state index in [-0.39, 0.29) is 12.4 Å². The summed E-state index contributed by atoms with van der Waals surface area (Å²) in [5.74, 6) is 0.217. The van der Waals surface area contributed by atoms with Gasteiger partial charge in [0.05, 0.1) is 0 Å². The number of benzene rings is 3. The van der Waals surface area contributed by atoms with E-state index < -0.39 is 6.16 Å². The molecule has 150 valence electrons. The Morgan fingerprint density at radius 3 is 1.93 bits per heavy atom. The average Bonchev–Trinajstić information content (AvgIpc) is 2.77. The summed E-state index contributed by atoms with van der Waals surface area (Å²) < 4.78 is 10.2. The summed E-state index contributed by atoms with van der Waals surface area (Å²) in [6.45, 7) is 0.145. The van der Waals surface area contributed by atoms with Gasteiger partial charge < -0.3 is 9.47 Å². The first kappa shape index (κ1) is 21.1. The van der Waals surface area contributed by atoms with Gasteiger partial charge in [-0.1, -0.05) is 78.4 Å². The van der Waals surface area contributed by atoms with Crippen molar-refractivity contribution in [2.45, 2.75) is 6.61 Å². The molecule has 0 saturated carbocycles. The molecular weight excluding hydrogens is 400 g/mol. The molecule has 0 atom stereocenters. The maximum absolute atomic E-state index is 12.0. The molecule has 0 heterocycles. The second-order valence-electron chi connectivity index (χ2n) is 6.32. The Kier molecular flexibility index (Phi) is 7.58. The molecule has 30 heavy (non-hydrogen) atoms. The Bertz CT molecular complexity index is 1040. The molecule has 5 heteroatoms. The number of ketones is 1. The SMILES string of the molecule is O=C(/C=C/c1ccc(Cl)cc1)/C=C/c1ccc(OC(=O)OCc2ccccc2)cc1. The van der Waals surface area contributed by atoms with E-state index in [0.717, 1.165) is 16.7 Å². The molecule has 0 aliphatic heterocycles. The summed E-state index contributed by atoms with van der Waals surface area (Å²) in [7, 11) is 0. The van der Waals surface area contributed by atoms with Crippen molar-refractivity contribution < 1.29 is 19.1 Å². The summed E-state index contributed by atoms with van der Waals surface area (Å²) in [5.41, 5.74) is 2.57. The number of hydrogen-bond donors (Lipinski definition) is 0.